The lowest BCUT2D eigenvalue weighted by atomic mass is 9.66. The van der Waals surface area contributed by atoms with E-state index < -0.39 is 136 Å². The highest BCUT2D eigenvalue weighted by molar-refractivity contribution is 7.49. The summed E-state index contributed by atoms with van der Waals surface area (Å²) in [5, 5.41) is -0.128. The molecule has 0 N–H and O–H groups in total. The summed E-state index contributed by atoms with van der Waals surface area (Å²) >= 11 is 0. The third-order valence-electron chi connectivity index (χ3n) is 30.3. The molecule has 122 heavy (non-hydrogen) atoms. The summed E-state index contributed by atoms with van der Waals surface area (Å²) in [5.41, 5.74) is 6.94. The molecular weight excluding hydrogens is 1580 g/mol. The van der Waals surface area contributed by atoms with Crippen LogP contribution in [0, 0.1) is 20.8 Å². The van der Waals surface area contributed by atoms with Crippen molar-refractivity contribution in [1.82, 2.24) is 0 Å². The van der Waals surface area contributed by atoms with Crippen molar-refractivity contribution in [1.29, 1.82) is 0 Å². The number of phosphoric acid groups is 1. The van der Waals surface area contributed by atoms with Gasteiger partial charge in [0.15, 0.2) is 25.0 Å². The van der Waals surface area contributed by atoms with Gasteiger partial charge in [0.25, 0.3) is 0 Å². The molecule has 0 atom stereocenters. The van der Waals surface area contributed by atoms with Crippen LogP contribution in [0.5, 0.6) is 17.2 Å². The van der Waals surface area contributed by atoms with E-state index in [0.717, 1.165) is 66.8 Å². The van der Waals surface area contributed by atoms with Gasteiger partial charge in [-0.2, -0.15) is 4.57 Å². The van der Waals surface area contributed by atoms with E-state index in [2.05, 4.69) is 372 Å². The van der Waals surface area contributed by atoms with Crippen LogP contribution in [0.15, 0.2) is 0 Å². The third kappa shape index (κ3) is 23.4. The second kappa shape index (κ2) is 35.1. The SMILES string of the molecule is Cc1c(C(C)(C)C)c(CCB2OC(C)(C)C(C)(C)O2)c(C(C)(C)C)c(OP(=O)(Oc2c(C(C)(C)C)c(CCB3OC(C)(C)C(C)(C)O3)c(C(C)(C)C)c(C)c2C(C)(C)CCO[Si](C)(C)C(C)(C)C)Oc2c(C(C)(C)C)c(CCB3OC(C)(C)C(C)(C)O3)c(C(C)(C)C)c(C)c2C(C)(C)CCO[Si](C)(C)C(C)(C)C)c1C(C)(C)CCO[Si](C)(C)C(C)(C)C. The Kier molecular flexibility index (Phi) is 31.2. The van der Waals surface area contributed by atoms with Crippen molar-refractivity contribution in [3.05, 3.63) is 83.5 Å². The molecule has 3 heterocycles. The summed E-state index contributed by atoms with van der Waals surface area (Å²) in [4.78, 5) is 0. The Morgan fingerprint density at radius 1 is 0.279 bits per heavy atom. The molecular formula is C102H186B3O13PSi3. The van der Waals surface area contributed by atoms with Gasteiger partial charge in [-0.05, 0) is 315 Å². The minimum atomic E-state index is -5.42. The first-order valence-electron chi connectivity index (χ1n) is 47.1. The van der Waals surface area contributed by atoms with Gasteiger partial charge in [-0.15, -0.1) is 0 Å². The molecule has 3 aliphatic heterocycles. The van der Waals surface area contributed by atoms with Crippen LogP contribution in [-0.4, -0.2) is 99.7 Å². The Morgan fingerprint density at radius 3 is 0.590 bits per heavy atom. The van der Waals surface area contributed by atoms with Crippen LogP contribution in [-0.2, 0) is 114 Å². The summed E-state index contributed by atoms with van der Waals surface area (Å²) in [6.45, 7) is 125. The number of hydrogen-bond acceptors (Lipinski definition) is 13. The molecule has 0 aromatic heterocycles. The van der Waals surface area contributed by atoms with Crippen molar-refractivity contribution in [2.75, 3.05) is 19.8 Å². The first-order valence-corrected chi connectivity index (χ1v) is 57.2. The van der Waals surface area contributed by atoms with E-state index >= 15 is 4.57 Å². The first-order chi connectivity index (χ1) is 53.8. The molecule has 6 rings (SSSR count). The molecule has 13 nitrogen and oxygen atoms in total. The maximum atomic E-state index is 20.2. The molecule has 0 saturated carbocycles. The van der Waals surface area contributed by atoms with E-state index in [0.29, 0.717) is 94.6 Å². The van der Waals surface area contributed by atoms with Crippen LogP contribution >= 0.6 is 7.82 Å². The average molecular weight is 1770 g/mol. The van der Waals surface area contributed by atoms with Crippen LogP contribution in [0.1, 0.15) is 414 Å². The van der Waals surface area contributed by atoms with E-state index in [4.69, 9.17) is 54.8 Å². The largest absolute Gasteiger partial charge is 0.647 e. The predicted octanol–water partition coefficient (Wildman–Crippen LogP) is 30.0. The number of rotatable bonds is 30. The molecule has 3 aromatic rings. The van der Waals surface area contributed by atoms with Gasteiger partial charge in [0.05, 0.1) is 33.6 Å². The van der Waals surface area contributed by atoms with E-state index in [9.17, 15) is 0 Å². The van der Waals surface area contributed by atoms with Crippen molar-refractivity contribution in [2.45, 2.75) is 527 Å². The van der Waals surface area contributed by atoms with E-state index in [1.54, 1.807) is 0 Å². The first kappa shape index (κ1) is 109. The second-order valence-corrected chi connectivity index (χ2v) is 69.2. The fourth-order valence-electron chi connectivity index (χ4n) is 18.8. The van der Waals surface area contributed by atoms with Crippen LogP contribution in [0.2, 0.25) is 73.4 Å². The highest BCUT2D eigenvalue weighted by Crippen LogP contribution is 2.64. The van der Waals surface area contributed by atoms with Crippen LogP contribution in [0.3, 0.4) is 0 Å². The van der Waals surface area contributed by atoms with Crippen LogP contribution in [0.25, 0.3) is 0 Å². The van der Waals surface area contributed by atoms with Crippen molar-refractivity contribution < 1.29 is 59.3 Å². The molecule has 20 heteroatoms. The highest BCUT2D eigenvalue weighted by Gasteiger charge is 2.57. The zero-order valence-electron chi connectivity index (χ0n) is 89.5. The molecule has 0 aliphatic carbocycles. The molecule has 3 aromatic carbocycles. The van der Waals surface area contributed by atoms with E-state index in [1.165, 1.54) is 16.7 Å². The van der Waals surface area contributed by atoms with Crippen LogP contribution in [0.4, 0.5) is 0 Å². The highest BCUT2D eigenvalue weighted by atomic mass is 31.2. The predicted molar refractivity (Wildman–Crippen MR) is 531 cm³/mol. The standard InChI is InChI=1S/C102H186B3O13PSi3/c1-67-73(85(4,5)6)70(55-61-103-113-97(37,38)98(39,40)114-103)79(88(13,14)15)82(76(67)94(31,32)58-64-107-120(49,50)91(22,23)24)110-119(106,111-83-77(95(33,34)59-65-108-121(51,52)92(25,26)27)68(2)74(86(7,8)9)71(80(83)89(16,17)18)56-62-104-115-99(41,42)100(43,44)116-104)112-84-78(96(35,36)60-66-109-122(53,54)93(28,29)30)69(3)75(87(10,11)12)72(81(84)90(19,20)21)57-63-105-117-101(45,46)102(47,48)118-105/h55-66H2,1-54H3. The summed E-state index contributed by atoms with van der Waals surface area (Å²) in [6, 6.07) is 0. The van der Waals surface area contributed by atoms with E-state index in [1.807, 2.05) is 0 Å². The summed E-state index contributed by atoms with van der Waals surface area (Å²) in [6.07, 6.45) is 5.17. The average Bonchev–Trinajstić information content (AvgIpc) is 0.922. The summed E-state index contributed by atoms with van der Waals surface area (Å²) in [7, 11) is -13.9. The minimum absolute atomic E-state index is 0.0428. The number of phosphoric ester groups is 1. The monoisotopic (exact) mass is 1770 g/mol. The van der Waals surface area contributed by atoms with Gasteiger partial charge in [0.1, 0.15) is 17.2 Å². The van der Waals surface area contributed by atoms with Crippen molar-refractivity contribution >= 4 is 54.1 Å². The van der Waals surface area contributed by atoms with Crippen molar-refractivity contribution in [3.63, 3.8) is 0 Å². The lowest BCUT2D eigenvalue weighted by Crippen LogP contribution is -2.41. The number of hydrogen-bond donors (Lipinski definition) is 0. The molecule has 0 bridgehead atoms. The topological polar surface area (TPSA) is 128 Å². The van der Waals surface area contributed by atoms with Crippen molar-refractivity contribution in [3.8, 4) is 17.2 Å². The Morgan fingerprint density at radius 2 is 0.443 bits per heavy atom. The van der Waals surface area contributed by atoms with Gasteiger partial charge in [0.2, 0.25) is 0 Å². The normalized spacial score (nSPS) is 18.8. The lowest BCUT2D eigenvalue weighted by molar-refractivity contribution is 0.00578. The van der Waals surface area contributed by atoms with Gasteiger partial charge < -0.3 is 54.8 Å². The molecule has 0 unspecified atom stereocenters. The van der Waals surface area contributed by atoms with Gasteiger partial charge in [-0.3, -0.25) is 0 Å². The molecule has 0 amide bonds. The zero-order chi connectivity index (χ0) is 95.1. The van der Waals surface area contributed by atoms with Crippen LogP contribution < -0.4 is 13.6 Å². The summed E-state index contributed by atoms with van der Waals surface area (Å²) in [5.74, 6) is 1.51. The fraction of sp³-hybridized carbons (Fsp3) is 0.824. The Labute approximate surface area is 755 Å². The molecule has 3 saturated heterocycles. The third-order valence-corrected chi connectivity index (χ3v) is 45.2. The zero-order valence-corrected chi connectivity index (χ0v) is 93.4. The molecule has 3 fully saturated rings. The van der Waals surface area contributed by atoms with E-state index in [-0.39, 0.29) is 15.1 Å². The maximum absolute atomic E-state index is 20.2. The Hall–Kier alpha value is -2.22. The Bertz CT molecular complexity index is 3790. The van der Waals surface area contributed by atoms with Gasteiger partial charge >= 0.3 is 29.2 Å². The second-order valence-electron chi connectivity index (χ2n) is 53.3. The molecule has 698 valence electrons. The van der Waals surface area contributed by atoms with Gasteiger partial charge in [-0.25, -0.2) is 0 Å². The van der Waals surface area contributed by atoms with Gasteiger partial charge in [-0.1, -0.05) is 228 Å². The molecule has 3 aliphatic rings. The number of benzene rings is 3. The van der Waals surface area contributed by atoms with Crippen molar-refractivity contribution in [2.24, 2.45) is 0 Å². The lowest BCUT2D eigenvalue weighted by Gasteiger charge is -2.43. The molecule has 0 spiro atoms. The fourth-order valence-corrected chi connectivity index (χ4v) is 23.2. The Balaban J connectivity index is 2.08. The van der Waals surface area contributed by atoms with Gasteiger partial charge in [0, 0.05) is 53.2 Å². The minimum Gasteiger partial charge on any atom is -0.417 e. The maximum Gasteiger partial charge on any atom is 0.647 e. The summed E-state index contributed by atoms with van der Waals surface area (Å²) < 4.78 is 110. The molecule has 0 radical (unpaired) electrons. The smallest absolute Gasteiger partial charge is 0.417 e. The quantitative estimate of drug-likeness (QED) is 0.0464.